The lowest BCUT2D eigenvalue weighted by molar-refractivity contribution is 0.283. The lowest BCUT2D eigenvalue weighted by Crippen LogP contribution is -2.32. The highest BCUT2D eigenvalue weighted by molar-refractivity contribution is 5.84. The van der Waals surface area contributed by atoms with Gasteiger partial charge in [0.2, 0.25) is 0 Å². The van der Waals surface area contributed by atoms with Gasteiger partial charge < -0.3 is 10.0 Å². The molecule has 0 aliphatic rings. The van der Waals surface area contributed by atoms with E-state index in [2.05, 4.69) is 25.7 Å². The first kappa shape index (κ1) is 15.8. The molecule has 0 fully saturated rings. The van der Waals surface area contributed by atoms with E-state index in [9.17, 15) is 5.11 Å². The summed E-state index contributed by atoms with van der Waals surface area (Å²) in [6.45, 7) is 7.68. The Morgan fingerprint density at radius 2 is 1.95 bits per heavy atom. The van der Waals surface area contributed by atoms with Crippen LogP contribution in [-0.2, 0) is 6.61 Å². The van der Waals surface area contributed by atoms with Crippen molar-refractivity contribution >= 4 is 16.7 Å². The number of unbranched alkanes of at least 4 members (excludes halogenated alkanes) is 2. The van der Waals surface area contributed by atoms with E-state index < -0.39 is 0 Å². The van der Waals surface area contributed by atoms with Crippen LogP contribution in [0.3, 0.4) is 0 Å². The van der Waals surface area contributed by atoms with Gasteiger partial charge >= 0.3 is 0 Å². The summed E-state index contributed by atoms with van der Waals surface area (Å²) in [4.78, 5) is 7.13. The second-order valence-electron chi connectivity index (χ2n) is 5.81. The third-order valence-corrected chi connectivity index (χ3v) is 3.88. The Kier molecular flexibility index (Phi) is 5.57. The molecule has 0 amide bonds. The van der Waals surface area contributed by atoms with Crippen LogP contribution in [0.2, 0.25) is 0 Å². The fourth-order valence-electron chi connectivity index (χ4n) is 2.68. The van der Waals surface area contributed by atoms with Crippen molar-refractivity contribution in [1.82, 2.24) is 4.98 Å². The smallest absolute Gasteiger partial charge is 0.129 e. The Labute approximate surface area is 127 Å². The van der Waals surface area contributed by atoms with Gasteiger partial charge in [-0.3, -0.25) is 0 Å². The van der Waals surface area contributed by atoms with Gasteiger partial charge in [-0.25, -0.2) is 4.98 Å². The SMILES string of the molecule is CCCCCN(c1cc(CO)c2ccccc2n1)C(C)C. The average Bonchev–Trinajstić information content (AvgIpc) is 2.50. The highest BCUT2D eigenvalue weighted by Gasteiger charge is 2.14. The number of aliphatic hydroxyl groups excluding tert-OH is 1. The third-order valence-electron chi connectivity index (χ3n) is 3.88. The van der Waals surface area contributed by atoms with E-state index in [1.54, 1.807) is 0 Å². The predicted molar refractivity (Wildman–Crippen MR) is 89.7 cm³/mol. The molecule has 1 N–H and O–H groups in total. The predicted octanol–water partition coefficient (Wildman–Crippen LogP) is 4.13. The van der Waals surface area contributed by atoms with Gasteiger partial charge in [-0.2, -0.15) is 0 Å². The molecule has 0 aliphatic carbocycles. The maximum atomic E-state index is 9.65. The van der Waals surface area contributed by atoms with Crippen LogP contribution in [-0.4, -0.2) is 22.7 Å². The highest BCUT2D eigenvalue weighted by Crippen LogP contribution is 2.24. The molecule has 3 heteroatoms. The Morgan fingerprint density at radius 1 is 1.19 bits per heavy atom. The zero-order valence-electron chi connectivity index (χ0n) is 13.3. The molecule has 1 aromatic carbocycles. The number of benzene rings is 1. The normalized spacial score (nSPS) is 11.3. The number of hydrogen-bond acceptors (Lipinski definition) is 3. The van der Waals surface area contributed by atoms with Crippen molar-refractivity contribution in [2.45, 2.75) is 52.7 Å². The molecule has 2 rings (SSSR count). The second kappa shape index (κ2) is 7.41. The van der Waals surface area contributed by atoms with E-state index in [1.165, 1.54) is 19.3 Å². The minimum absolute atomic E-state index is 0.0525. The van der Waals surface area contributed by atoms with Gasteiger partial charge in [-0.15, -0.1) is 0 Å². The number of hydrogen-bond donors (Lipinski definition) is 1. The minimum atomic E-state index is 0.0525. The fourth-order valence-corrected chi connectivity index (χ4v) is 2.68. The number of rotatable bonds is 7. The Balaban J connectivity index is 2.38. The summed E-state index contributed by atoms with van der Waals surface area (Å²) in [5.41, 5.74) is 1.91. The van der Waals surface area contributed by atoms with Gasteiger partial charge in [0.1, 0.15) is 5.82 Å². The van der Waals surface area contributed by atoms with Crippen LogP contribution < -0.4 is 4.90 Å². The average molecular weight is 286 g/mol. The summed E-state index contributed by atoms with van der Waals surface area (Å²) in [6, 6.07) is 10.5. The first-order chi connectivity index (χ1) is 10.2. The van der Waals surface area contributed by atoms with Gasteiger partial charge in [0.05, 0.1) is 12.1 Å². The van der Waals surface area contributed by atoms with Crippen LogP contribution >= 0.6 is 0 Å². The van der Waals surface area contributed by atoms with Crippen LogP contribution in [0.5, 0.6) is 0 Å². The molecule has 0 unspecified atom stereocenters. The Hall–Kier alpha value is -1.61. The summed E-state index contributed by atoms with van der Waals surface area (Å²) in [6.07, 6.45) is 3.64. The van der Waals surface area contributed by atoms with Crippen molar-refractivity contribution in [3.05, 3.63) is 35.9 Å². The van der Waals surface area contributed by atoms with E-state index in [4.69, 9.17) is 4.98 Å². The molecular formula is C18H26N2O. The summed E-state index contributed by atoms with van der Waals surface area (Å²) in [5, 5.41) is 10.7. The number of aromatic nitrogens is 1. The van der Waals surface area contributed by atoms with Crippen LogP contribution in [0.4, 0.5) is 5.82 Å². The molecule has 1 aromatic heterocycles. The lowest BCUT2D eigenvalue weighted by Gasteiger charge is -2.28. The van der Waals surface area contributed by atoms with E-state index in [1.807, 2.05) is 30.3 Å². The van der Waals surface area contributed by atoms with E-state index in [-0.39, 0.29) is 6.61 Å². The van der Waals surface area contributed by atoms with Crippen LogP contribution in [0.1, 0.15) is 45.6 Å². The molecule has 0 radical (unpaired) electrons. The maximum Gasteiger partial charge on any atom is 0.129 e. The quantitative estimate of drug-likeness (QED) is 0.777. The molecule has 114 valence electrons. The lowest BCUT2D eigenvalue weighted by atomic mass is 10.1. The molecule has 0 saturated carbocycles. The minimum Gasteiger partial charge on any atom is -0.392 e. The van der Waals surface area contributed by atoms with Gasteiger partial charge in [-0.1, -0.05) is 38.0 Å². The number of para-hydroxylation sites is 1. The number of anilines is 1. The van der Waals surface area contributed by atoms with Crippen molar-refractivity contribution in [2.24, 2.45) is 0 Å². The molecule has 0 aliphatic heterocycles. The van der Waals surface area contributed by atoms with Crippen molar-refractivity contribution < 1.29 is 5.11 Å². The van der Waals surface area contributed by atoms with Gasteiger partial charge in [0.15, 0.2) is 0 Å². The summed E-state index contributed by atoms with van der Waals surface area (Å²) in [5.74, 6) is 0.976. The molecule has 0 atom stereocenters. The fraction of sp³-hybridized carbons (Fsp3) is 0.500. The molecule has 0 saturated heterocycles. The number of fused-ring (bicyclic) bond motifs is 1. The first-order valence-electron chi connectivity index (χ1n) is 7.93. The number of nitrogens with zero attached hydrogens (tertiary/aromatic N) is 2. The molecular weight excluding hydrogens is 260 g/mol. The topological polar surface area (TPSA) is 36.4 Å². The first-order valence-corrected chi connectivity index (χ1v) is 7.93. The summed E-state index contributed by atoms with van der Waals surface area (Å²) in [7, 11) is 0. The maximum absolute atomic E-state index is 9.65. The van der Waals surface area contributed by atoms with Gasteiger partial charge in [0.25, 0.3) is 0 Å². The monoisotopic (exact) mass is 286 g/mol. The summed E-state index contributed by atoms with van der Waals surface area (Å²) < 4.78 is 0. The zero-order chi connectivity index (χ0) is 15.2. The largest absolute Gasteiger partial charge is 0.392 e. The molecule has 0 spiro atoms. The standard InChI is InChI=1S/C18H26N2O/c1-4-5-8-11-20(14(2)3)18-12-15(13-21)16-9-6-7-10-17(16)19-18/h6-7,9-10,12,14,21H,4-5,8,11,13H2,1-3H3. The van der Waals surface area contributed by atoms with E-state index in [0.29, 0.717) is 6.04 Å². The van der Waals surface area contributed by atoms with Crippen molar-refractivity contribution in [1.29, 1.82) is 0 Å². The second-order valence-corrected chi connectivity index (χ2v) is 5.81. The molecule has 2 aromatic rings. The van der Waals surface area contributed by atoms with Crippen LogP contribution in [0, 0.1) is 0 Å². The van der Waals surface area contributed by atoms with E-state index in [0.717, 1.165) is 28.8 Å². The number of pyridine rings is 1. The Morgan fingerprint density at radius 3 is 2.62 bits per heavy atom. The molecule has 3 nitrogen and oxygen atoms in total. The van der Waals surface area contributed by atoms with Crippen LogP contribution in [0.15, 0.2) is 30.3 Å². The van der Waals surface area contributed by atoms with E-state index >= 15 is 0 Å². The molecule has 0 bridgehead atoms. The van der Waals surface area contributed by atoms with Gasteiger partial charge in [-0.05, 0) is 38.0 Å². The third kappa shape index (κ3) is 3.73. The highest BCUT2D eigenvalue weighted by atomic mass is 16.3. The van der Waals surface area contributed by atoms with Gasteiger partial charge in [0, 0.05) is 18.0 Å². The number of aliphatic hydroxyl groups is 1. The van der Waals surface area contributed by atoms with Crippen molar-refractivity contribution in [3.8, 4) is 0 Å². The van der Waals surface area contributed by atoms with Crippen molar-refractivity contribution in [2.75, 3.05) is 11.4 Å². The molecule has 21 heavy (non-hydrogen) atoms. The molecule has 1 heterocycles. The van der Waals surface area contributed by atoms with Crippen molar-refractivity contribution in [3.63, 3.8) is 0 Å². The Bertz CT molecular complexity index is 580. The van der Waals surface area contributed by atoms with Crippen LogP contribution in [0.25, 0.3) is 10.9 Å². The zero-order valence-corrected chi connectivity index (χ0v) is 13.3. The summed E-state index contributed by atoms with van der Waals surface area (Å²) >= 11 is 0.